The summed E-state index contributed by atoms with van der Waals surface area (Å²) >= 11 is 19.0. The molecule has 4 aromatic rings. The molecule has 0 bridgehead atoms. The van der Waals surface area contributed by atoms with Crippen molar-refractivity contribution in [3.8, 4) is 0 Å². The molecule has 1 N–H and O–H groups in total. The molecule has 0 aliphatic heterocycles. The second-order valence-electron chi connectivity index (χ2n) is 9.89. The Morgan fingerprint density at radius 1 is 0.837 bits per heavy atom. The summed E-state index contributed by atoms with van der Waals surface area (Å²) in [6, 6.07) is 25.8. The number of rotatable bonds is 11. The highest BCUT2D eigenvalue weighted by Gasteiger charge is 2.34. The van der Waals surface area contributed by atoms with Crippen molar-refractivity contribution >= 4 is 62.3 Å². The second kappa shape index (κ2) is 14.3. The van der Waals surface area contributed by atoms with Gasteiger partial charge in [-0.2, -0.15) is 0 Å². The summed E-state index contributed by atoms with van der Waals surface area (Å²) in [5, 5.41) is 3.44. The van der Waals surface area contributed by atoms with Gasteiger partial charge in [-0.1, -0.05) is 101 Å². The molecule has 0 radical (unpaired) electrons. The molecule has 0 fully saturated rings. The molecule has 7 nitrogen and oxygen atoms in total. The molecular weight excluding hydrogens is 629 g/mol. The van der Waals surface area contributed by atoms with E-state index in [9.17, 15) is 18.0 Å². The summed E-state index contributed by atoms with van der Waals surface area (Å²) in [5.41, 5.74) is 2.38. The molecule has 43 heavy (non-hydrogen) atoms. The normalized spacial score (nSPS) is 11.9. The number of amides is 2. The number of hydrogen-bond acceptors (Lipinski definition) is 4. The van der Waals surface area contributed by atoms with Crippen LogP contribution in [0, 0.1) is 6.92 Å². The molecule has 224 valence electrons. The fourth-order valence-electron chi connectivity index (χ4n) is 4.58. The SMILES string of the molecule is CNC(=O)[C@@H](Cc1ccccc1)N(Cc1ccccc1Cl)C(=O)CN(c1cc(Cl)cc(Cl)c1)S(=O)(=O)c1ccc(C)cc1. The number of sulfonamides is 1. The molecule has 0 unspecified atom stereocenters. The highest BCUT2D eigenvalue weighted by Crippen LogP contribution is 2.30. The smallest absolute Gasteiger partial charge is 0.264 e. The van der Waals surface area contributed by atoms with Crippen molar-refractivity contribution in [1.82, 2.24) is 10.2 Å². The maximum atomic E-state index is 14.3. The Bertz CT molecular complexity index is 1680. The van der Waals surface area contributed by atoms with E-state index in [4.69, 9.17) is 34.8 Å². The number of carbonyl (C=O) groups is 2. The Balaban J connectivity index is 1.82. The van der Waals surface area contributed by atoms with Crippen molar-refractivity contribution < 1.29 is 18.0 Å². The third kappa shape index (κ3) is 8.09. The number of halogens is 3. The second-order valence-corrected chi connectivity index (χ2v) is 13.0. The molecule has 1 atom stereocenters. The molecule has 11 heteroatoms. The Labute approximate surface area is 267 Å². The summed E-state index contributed by atoms with van der Waals surface area (Å²) in [6.07, 6.45) is 0.185. The number of likely N-dealkylation sites (N-methyl/N-ethyl adjacent to an activating group) is 1. The lowest BCUT2D eigenvalue weighted by atomic mass is 10.0. The van der Waals surface area contributed by atoms with Crippen LogP contribution in [0.25, 0.3) is 0 Å². The van der Waals surface area contributed by atoms with Gasteiger partial charge < -0.3 is 10.2 Å². The minimum absolute atomic E-state index is 0.0215. The van der Waals surface area contributed by atoms with Crippen molar-refractivity contribution in [3.63, 3.8) is 0 Å². The summed E-state index contributed by atoms with van der Waals surface area (Å²) in [7, 11) is -2.80. The van der Waals surface area contributed by atoms with Gasteiger partial charge >= 0.3 is 0 Å². The van der Waals surface area contributed by atoms with Crippen LogP contribution in [-0.4, -0.2) is 44.8 Å². The lowest BCUT2D eigenvalue weighted by Crippen LogP contribution is -2.53. The summed E-state index contributed by atoms with van der Waals surface area (Å²) in [5.74, 6) is -1.04. The van der Waals surface area contributed by atoms with E-state index in [0.717, 1.165) is 15.4 Å². The average Bonchev–Trinajstić information content (AvgIpc) is 2.98. The third-order valence-corrected chi connectivity index (χ3v) is 9.43. The summed E-state index contributed by atoms with van der Waals surface area (Å²) < 4.78 is 29.1. The minimum atomic E-state index is -4.28. The van der Waals surface area contributed by atoms with Crippen LogP contribution in [0.15, 0.2) is 102 Å². The van der Waals surface area contributed by atoms with E-state index in [1.807, 2.05) is 37.3 Å². The maximum Gasteiger partial charge on any atom is 0.264 e. The largest absolute Gasteiger partial charge is 0.357 e. The molecule has 0 heterocycles. The van der Waals surface area contributed by atoms with Gasteiger partial charge in [-0.05, 0) is 54.4 Å². The lowest BCUT2D eigenvalue weighted by Gasteiger charge is -2.33. The van der Waals surface area contributed by atoms with Gasteiger partial charge in [-0.25, -0.2) is 8.42 Å². The van der Waals surface area contributed by atoms with Crippen molar-refractivity contribution in [2.24, 2.45) is 0 Å². The zero-order valence-corrected chi connectivity index (χ0v) is 26.6. The third-order valence-electron chi connectivity index (χ3n) is 6.84. The van der Waals surface area contributed by atoms with Gasteiger partial charge in [0.15, 0.2) is 0 Å². The Kier molecular flexibility index (Phi) is 10.7. The molecule has 2 amide bonds. The fourth-order valence-corrected chi connectivity index (χ4v) is 6.69. The van der Waals surface area contributed by atoms with Crippen molar-refractivity contribution in [2.75, 3.05) is 17.9 Å². The van der Waals surface area contributed by atoms with E-state index >= 15 is 0 Å². The average molecular weight is 659 g/mol. The van der Waals surface area contributed by atoms with Crippen LogP contribution in [0.4, 0.5) is 5.69 Å². The Morgan fingerprint density at radius 3 is 2.05 bits per heavy atom. The number of nitrogens with zero attached hydrogens (tertiary/aromatic N) is 2. The first kappa shape index (κ1) is 32.4. The molecule has 0 aromatic heterocycles. The van der Waals surface area contributed by atoms with Crippen LogP contribution in [0.2, 0.25) is 15.1 Å². The van der Waals surface area contributed by atoms with Crippen molar-refractivity contribution in [3.05, 3.63) is 129 Å². The van der Waals surface area contributed by atoms with E-state index in [0.29, 0.717) is 10.6 Å². The molecular formula is C32H30Cl3N3O4S. The van der Waals surface area contributed by atoms with Gasteiger partial charge in [-0.3, -0.25) is 13.9 Å². The standard InChI is InChI=1S/C32H30Cl3N3O4S/c1-22-12-14-28(15-13-22)43(41,42)38(27-18-25(33)17-26(34)19-27)21-31(39)37(20-24-10-6-7-11-29(24)35)30(32(40)36-2)16-23-8-4-3-5-9-23/h3-15,17-19,30H,16,20-21H2,1-2H3,(H,36,40)/t30-/m1/s1. The topological polar surface area (TPSA) is 86.8 Å². The Morgan fingerprint density at radius 2 is 1.44 bits per heavy atom. The van der Waals surface area contributed by atoms with Crippen molar-refractivity contribution in [2.45, 2.75) is 30.8 Å². The predicted octanol–water partition coefficient (Wildman–Crippen LogP) is 6.54. The van der Waals surface area contributed by atoms with Gasteiger partial charge in [0.05, 0.1) is 10.6 Å². The monoisotopic (exact) mass is 657 g/mol. The summed E-state index contributed by atoms with van der Waals surface area (Å²) in [6.45, 7) is 1.16. The molecule has 4 rings (SSSR count). The van der Waals surface area contributed by atoms with Crippen LogP contribution >= 0.6 is 34.8 Å². The van der Waals surface area contributed by atoms with Crippen LogP contribution in [0.1, 0.15) is 16.7 Å². The van der Waals surface area contributed by atoms with Crippen LogP contribution in [0.3, 0.4) is 0 Å². The molecule has 4 aromatic carbocycles. The zero-order chi connectivity index (χ0) is 31.1. The zero-order valence-electron chi connectivity index (χ0n) is 23.5. The Hall–Kier alpha value is -3.56. The minimum Gasteiger partial charge on any atom is -0.357 e. The van der Waals surface area contributed by atoms with Gasteiger partial charge in [0.1, 0.15) is 12.6 Å². The first-order valence-corrected chi connectivity index (χ1v) is 15.9. The predicted molar refractivity (Wildman–Crippen MR) is 172 cm³/mol. The van der Waals surface area contributed by atoms with Gasteiger partial charge in [0.2, 0.25) is 11.8 Å². The van der Waals surface area contributed by atoms with E-state index in [2.05, 4.69) is 5.32 Å². The van der Waals surface area contributed by atoms with Crippen molar-refractivity contribution in [1.29, 1.82) is 0 Å². The highest BCUT2D eigenvalue weighted by molar-refractivity contribution is 7.92. The van der Waals surface area contributed by atoms with E-state index in [1.165, 1.54) is 42.3 Å². The molecule has 0 aliphatic rings. The number of hydrogen-bond donors (Lipinski definition) is 1. The van der Waals surface area contributed by atoms with Gasteiger partial charge in [0.25, 0.3) is 10.0 Å². The van der Waals surface area contributed by atoms with E-state index in [-0.39, 0.29) is 33.6 Å². The number of nitrogens with one attached hydrogen (secondary N) is 1. The number of aryl methyl sites for hydroxylation is 1. The number of benzene rings is 4. The van der Waals surface area contributed by atoms with Gasteiger partial charge in [-0.15, -0.1) is 0 Å². The number of anilines is 1. The first-order chi connectivity index (χ1) is 20.5. The molecule has 0 saturated heterocycles. The van der Waals surface area contributed by atoms with E-state index < -0.39 is 34.4 Å². The maximum absolute atomic E-state index is 14.3. The molecule has 0 spiro atoms. The molecule has 0 saturated carbocycles. The molecule has 0 aliphatic carbocycles. The van der Waals surface area contributed by atoms with Crippen LogP contribution in [0.5, 0.6) is 0 Å². The fraction of sp³-hybridized carbons (Fsp3) is 0.188. The quantitative estimate of drug-likeness (QED) is 0.198. The lowest BCUT2D eigenvalue weighted by molar-refractivity contribution is -0.139. The van der Waals surface area contributed by atoms with Crippen LogP contribution in [-0.2, 0) is 32.6 Å². The number of carbonyl (C=O) groups excluding carboxylic acids is 2. The first-order valence-electron chi connectivity index (χ1n) is 13.3. The van der Waals surface area contributed by atoms with E-state index in [1.54, 1.807) is 36.4 Å². The highest BCUT2D eigenvalue weighted by atomic mass is 35.5. The van der Waals surface area contributed by atoms with Gasteiger partial charge in [0, 0.05) is 35.1 Å². The summed E-state index contributed by atoms with van der Waals surface area (Å²) in [4.78, 5) is 29.0. The van der Waals surface area contributed by atoms with Crippen LogP contribution < -0.4 is 9.62 Å².